The molecule has 0 aliphatic carbocycles. The first-order chi connectivity index (χ1) is 11.5. The molecule has 3 rings (SSSR count). The first-order valence-electron chi connectivity index (χ1n) is 7.86. The smallest absolute Gasteiger partial charge is 0.264 e. The quantitative estimate of drug-likeness (QED) is 0.836. The first-order valence-corrected chi connectivity index (χ1v) is 9.52. The minimum Gasteiger partial charge on any atom is -0.354 e. The van der Waals surface area contributed by atoms with Crippen LogP contribution in [0.5, 0.6) is 0 Å². The lowest BCUT2D eigenvalue weighted by Crippen LogP contribution is -2.48. The Bertz CT molecular complexity index is 815. The summed E-state index contributed by atoms with van der Waals surface area (Å²) >= 11 is 0. The van der Waals surface area contributed by atoms with Gasteiger partial charge in [0.2, 0.25) is 10.0 Å². The Kier molecular flexibility index (Phi) is 4.96. The molecule has 0 spiro atoms. The van der Waals surface area contributed by atoms with Crippen LogP contribution in [0, 0.1) is 0 Å². The van der Waals surface area contributed by atoms with Crippen LogP contribution in [0.2, 0.25) is 0 Å². The highest BCUT2D eigenvalue weighted by molar-refractivity contribution is 7.88. The van der Waals surface area contributed by atoms with E-state index in [9.17, 15) is 13.2 Å². The molecule has 0 radical (unpaired) electrons. The molecule has 1 aliphatic heterocycles. The monoisotopic (exact) mass is 348 g/mol. The van der Waals surface area contributed by atoms with E-state index in [4.69, 9.17) is 0 Å². The van der Waals surface area contributed by atoms with Gasteiger partial charge in [-0.05, 0) is 24.5 Å². The topological polar surface area (TPSA) is 95.2 Å². The summed E-state index contributed by atoms with van der Waals surface area (Å²) < 4.78 is 27.5. The van der Waals surface area contributed by atoms with Crippen molar-refractivity contribution >= 4 is 15.8 Å². The van der Waals surface area contributed by atoms with Gasteiger partial charge in [0.1, 0.15) is 5.82 Å². The van der Waals surface area contributed by atoms with Crippen LogP contribution in [0.4, 0.5) is 5.82 Å². The fraction of sp³-hybridized carbons (Fsp3) is 0.375. The SMILES string of the molecule is O=c1ccc(N2CCCC(NS(=O)(=O)Cc3ccccc3)C2)n[nH]1. The summed E-state index contributed by atoms with van der Waals surface area (Å²) in [7, 11) is -3.40. The van der Waals surface area contributed by atoms with Crippen molar-refractivity contribution in [3.8, 4) is 0 Å². The van der Waals surface area contributed by atoms with Gasteiger partial charge < -0.3 is 4.90 Å². The van der Waals surface area contributed by atoms with Gasteiger partial charge in [0.05, 0.1) is 5.75 Å². The van der Waals surface area contributed by atoms with Gasteiger partial charge in [0.15, 0.2) is 0 Å². The first kappa shape index (κ1) is 16.7. The fourth-order valence-electron chi connectivity index (χ4n) is 2.88. The van der Waals surface area contributed by atoms with Crippen molar-refractivity contribution in [2.24, 2.45) is 0 Å². The molecule has 24 heavy (non-hydrogen) atoms. The summed E-state index contributed by atoms with van der Waals surface area (Å²) in [5, 5.41) is 6.42. The number of nitrogens with one attached hydrogen (secondary N) is 2. The van der Waals surface area contributed by atoms with Crippen LogP contribution in [0.15, 0.2) is 47.3 Å². The number of hydrogen-bond acceptors (Lipinski definition) is 5. The number of hydrogen-bond donors (Lipinski definition) is 2. The van der Waals surface area contributed by atoms with Crippen molar-refractivity contribution in [1.29, 1.82) is 0 Å². The summed E-state index contributed by atoms with van der Waals surface area (Å²) in [5.41, 5.74) is 0.510. The van der Waals surface area contributed by atoms with Crippen LogP contribution in [-0.2, 0) is 15.8 Å². The van der Waals surface area contributed by atoms with Crippen molar-refractivity contribution in [2.75, 3.05) is 18.0 Å². The van der Waals surface area contributed by atoms with E-state index in [1.54, 1.807) is 18.2 Å². The van der Waals surface area contributed by atoms with E-state index in [-0.39, 0.29) is 17.4 Å². The van der Waals surface area contributed by atoms with E-state index >= 15 is 0 Å². The summed E-state index contributed by atoms with van der Waals surface area (Å²) in [6.07, 6.45) is 1.65. The highest BCUT2D eigenvalue weighted by atomic mass is 32.2. The maximum absolute atomic E-state index is 12.4. The van der Waals surface area contributed by atoms with Crippen molar-refractivity contribution in [3.05, 3.63) is 58.4 Å². The third kappa shape index (κ3) is 4.42. The van der Waals surface area contributed by atoms with Crippen LogP contribution in [0.25, 0.3) is 0 Å². The van der Waals surface area contributed by atoms with Crippen molar-refractivity contribution in [3.63, 3.8) is 0 Å². The fourth-order valence-corrected chi connectivity index (χ4v) is 4.30. The van der Waals surface area contributed by atoms with Gasteiger partial charge in [0.25, 0.3) is 5.56 Å². The van der Waals surface area contributed by atoms with Gasteiger partial charge in [-0.3, -0.25) is 4.79 Å². The molecule has 1 aromatic heterocycles. The van der Waals surface area contributed by atoms with Crippen molar-refractivity contribution in [2.45, 2.75) is 24.6 Å². The molecule has 1 atom stereocenters. The lowest BCUT2D eigenvalue weighted by molar-refractivity contribution is 0.463. The normalized spacial score (nSPS) is 18.5. The maximum Gasteiger partial charge on any atom is 0.264 e. The van der Waals surface area contributed by atoms with Crippen LogP contribution in [0.1, 0.15) is 18.4 Å². The lowest BCUT2D eigenvalue weighted by Gasteiger charge is -2.33. The number of H-pyrrole nitrogens is 1. The number of anilines is 1. The molecule has 1 saturated heterocycles. The second-order valence-corrected chi connectivity index (χ2v) is 7.68. The zero-order valence-electron chi connectivity index (χ0n) is 13.2. The molecule has 0 saturated carbocycles. The van der Waals surface area contributed by atoms with Crippen LogP contribution in [0.3, 0.4) is 0 Å². The molecule has 2 aromatic rings. The Morgan fingerprint density at radius 1 is 1.21 bits per heavy atom. The molecular weight excluding hydrogens is 328 g/mol. The van der Waals surface area contributed by atoms with Gasteiger partial charge in [-0.15, -0.1) is 0 Å². The molecule has 7 nitrogen and oxygen atoms in total. The lowest BCUT2D eigenvalue weighted by atomic mass is 10.1. The molecular formula is C16H20N4O3S. The average molecular weight is 348 g/mol. The highest BCUT2D eigenvalue weighted by Gasteiger charge is 2.25. The van der Waals surface area contributed by atoms with Gasteiger partial charge in [-0.2, -0.15) is 5.10 Å². The number of rotatable bonds is 5. The van der Waals surface area contributed by atoms with Crippen LogP contribution in [-0.4, -0.2) is 37.7 Å². The van der Waals surface area contributed by atoms with E-state index in [2.05, 4.69) is 14.9 Å². The van der Waals surface area contributed by atoms with Gasteiger partial charge in [-0.25, -0.2) is 18.2 Å². The maximum atomic E-state index is 12.4. The van der Waals surface area contributed by atoms with Crippen molar-refractivity contribution in [1.82, 2.24) is 14.9 Å². The Morgan fingerprint density at radius 3 is 2.71 bits per heavy atom. The minimum atomic E-state index is -3.40. The second kappa shape index (κ2) is 7.14. The third-order valence-corrected chi connectivity index (χ3v) is 5.36. The highest BCUT2D eigenvalue weighted by Crippen LogP contribution is 2.17. The molecule has 1 fully saturated rings. The van der Waals surface area contributed by atoms with E-state index in [0.717, 1.165) is 24.9 Å². The molecule has 1 aliphatic rings. The molecule has 0 bridgehead atoms. The summed E-state index contributed by atoms with van der Waals surface area (Å²) in [4.78, 5) is 13.1. The largest absolute Gasteiger partial charge is 0.354 e. The van der Waals surface area contributed by atoms with Gasteiger partial charge in [-0.1, -0.05) is 30.3 Å². The van der Waals surface area contributed by atoms with Gasteiger partial charge >= 0.3 is 0 Å². The summed E-state index contributed by atoms with van der Waals surface area (Å²) in [5.74, 6) is 0.628. The molecule has 1 unspecified atom stereocenters. The number of aromatic nitrogens is 2. The second-order valence-electron chi connectivity index (χ2n) is 5.93. The Hall–Kier alpha value is -2.19. The third-order valence-electron chi connectivity index (χ3n) is 3.96. The molecule has 0 amide bonds. The summed E-state index contributed by atoms with van der Waals surface area (Å²) in [6, 6.07) is 12.0. The van der Waals surface area contributed by atoms with E-state index in [1.807, 2.05) is 23.1 Å². The van der Waals surface area contributed by atoms with Crippen molar-refractivity contribution < 1.29 is 8.42 Å². The Balaban J connectivity index is 1.64. The zero-order chi connectivity index (χ0) is 17.0. The van der Waals surface area contributed by atoms with Crippen LogP contribution >= 0.6 is 0 Å². The number of aromatic amines is 1. The summed E-state index contributed by atoms with van der Waals surface area (Å²) in [6.45, 7) is 1.32. The number of sulfonamides is 1. The molecule has 128 valence electrons. The predicted octanol–water partition coefficient (Wildman–Crippen LogP) is 0.858. The van der Waals surface area contributed by atoms with E-state index < -0.39 is 10.0 Å². The van der Waals surface area contributed by atoms with E-state index in [0.29, 0.717) is 12.4 Å². The predicted molar refractivity (Wildman–Crippen MR) is 92.3 cm³/mol. The molecule has 1 aromatic carbocycles. The Labute approximate surface area is 140 Å². The number of piperidine rings is 1. The molecule has 8 heteroatoms. The minimum absolute atomic E-state index is 0.0265. The molecule has 2 heterocycles. The average Bonchev–Trinajstić information content (AvgIpc) is 2.56. The standard InChI is InChI=1S/C16H20N4O3S/c21-16-9-8-15(17-18-16)20-10-4-7-14(11-20)19-24(22,23)12-13-5-2-1-3-6-13/h1-3,5-6,8-9,14,19H,4,7,10-12H2,(H,18,21). The van der Waals surface area contributed by atoms with Crippen LogP contribution < -0.4 is 15.2 Å². The van der Waals surface area contributed by atoms with Gasteiger partial charge in [0, 0.05) is 25.2 Å². The number of nitrogens with zero attached hydrogens (tertiary/aromatic N) is 2. The number of benzene rings is 1. The Morgan fingerprint density at radius 2 is 2.00 bits per heavy atom. The zero-order valence-corrected chi connectivity index (χ0v) is 14.0. The van der Waals surface area contributed by atoms with E-state index in [1.165, 1.54) is 6.07 Å². The molecule has 2 N–H and O–H groups in total.